The van der Waals surface area contributed by atoms with E-state index in [9.17, 15) is 22.8 Å². The first-order valence-corrected chi connectivity index (χ1v) is 10.4. The van der Waals surface area contributed by atoms with Crippen molar-refractivity contribution in [3.63, 3.8) is 0 Å². The molecule has 1 heterocycles. The topological polar surface area (TPSA) is 45.9 Å². The number of rotatable bonds is 7. The van der Waals surface area contributed by atoms with Crippen LogP contribution in [0.25, 0.3) is 11.3 Å². The van der Waals surface area contributed by atoms with Crippen molar-refractivity contribution in [3.8, 4) is 23.1 Å². The summed E-state index contributed by atoms with van der Waals surface area (Å²) in [5.74, 6) is 0.450. The van der Waals surface area contributed by atoms with E-state index in [-0.39, 0.29) is 16.5 Å². The van der Waals surface area contributed by atoms with Gasteiger partial charge in [0.1, 0.15) is 22.7 Å². The molecule has 0 atom stereocenters. The van der Waals surface area contributed by atoms with Crippen LogP contribution in [0.2, 0.25) is 0 Å². The lowest BCUT2D eigenvalue weighted by atomic mass is 10.1. The summed E-state index contributed by atoms with van der Waals surface area (Å²) in [5, 5.41) is 9.38. The number of aromatic nitrogens is 1. The summed E-state index contributed by atoms with van der Waals surface area (Å²) in [6.45, 7) is 2.51. The molecule has 0 bridgehead atoms. The number of thioether (sulfide) groups is 1. The minimum Gasteiger partial charge on any atom is -0.494 e. The lowest BCUT2D eigenvalue weighted by Gasteiger charge is -2.14. The van der Waals surface area contributed by atoms with Crippen molar-refractivity contribution in [1.29, 1.82) is 5.26 Å². The van der Waals surface area contributed by atoms with Gasteiger partial charge < -0.3 is 4.74 Å². The highest BCUT2D eigenvalue weighted by Crippen LogP contribution is 2.38. The van der Waals surface area contributed by atoms with Gasteiger partial charge in [-0.1, -0.05) is 19.1 Å². The molecule has 0 fully saturated rings. The van der Waals surface area contributed by atoms with Crippen LogP contribution in [0.1, 0.15) is 30.0 Å². The van der Waals surface area contributed by atoms with E-state index in [1.807, 2.05) is 6.92 Å². The highest BCUT2D eigenvalue weighted by Gasteiger charge is 2.36. The van der Waals surface area contributed by atoms with Crippen LogP contribution in [0.4, 0.5) is 17.6 Å². The van der Waals surface area contributed by atoms with E-state index in [0.717, 1.165) is 24.2 Å². The molecule has 0 saturated carbocycles. The first kappa shape index (κ1) is 22.6. The maximum Gasteiger partial charge on any atom is 0.417 e. The largest absolute Gasteiger partial charge is 0.494 e. The second kappa shape index (κ2) is 9.84. The molecule has 31 heavy (non-hydrogen) atoms. The molecule has 0 aliphatic carbocycles. The molecule has 0 spiro atoms. The van der Waals surface area contributed by atoms with Crippen LogP contribution in [-0.4, -0.2) is 11.6 Å². The maximum atomic E-state index is 13.7. The third-order valence-corrected chi connectivity index (χ3v) is 5.36. The Morgan fingerprint density at radius 1 is 1.06 bits per heavy atom. The van der Waals surface area contributed by atoms with E-state index in [0.29, 0.717) is 23.5 Å². The van der Waals surface area contributed by atoms with E-state index < -0.39 is 23.1 Å². The van der Waals surface area contributed by atoms with Crippen LogP contribution in [0.3, 0.4) is 0 Å². The van der Waals surface area contributed by atoms with Gasteiger partial charge in [0.25, 0.3) is 0 Å². The number of ether oxygens (including phenoxy) is 1. The fourth-order valence-electron chi connectivity index (χ4n) is 2.78. The van der Waals surface area contributed by atoms with Crippen LogP contribution in [0.5, 0.6) is 5.75 Å². The van der Waals surface area contributed by atoms with E-state index in [1.165, 1.54) is 24.3 Å². The number of benzene rings is 2. The Morgan fingerprint density at radius 3 is 2.32 bits per heavy atom. The molecule has 0 aliphatic heterocycles. The first-order valence-electron chi connectivity index (χ1n) is 9.44. The predicted octanol–water partition coefficient (Wildman–Crippen LogP) is 6.86. The van der Waals surface area contributed by atoms with Crippen molar-refractivity contribution in [1.82, 2.24) is 4.98 Å². The third kappa shape index (κ3) is 5.76. The fourth-order valence-corrected chi connectivity index (χ4v) is 3.74. The van der Waals surface area contributed by atoms with Crippen molar-refractivity contribution in [2.24, 2.45) is 0 Å². The zero-order valence-electron chi connectivity index (χ0n) is 16.5. The lowest BCUT2D eigenvalue weighted by Crippen LogP contribution is -2.10. The summed E-state index contributed by atoms with van der Waals surface area (Å²) in [6.07, 6.45) is -3.87. The van der Waals surface area contributed by atoms with Crippen molar-refractivity contribution in [3.05, 3.63) is 77.1 Å². The molecule has 160 valence electrons. The van der Waals surface area contributed by atoms with Gasteiger partial charge in [-0.3, -0.25) is 0 Å². The molecule has 0 amide bonds. The number of halogens is 4. The molecule has 1 aromatic heterocycles. The number of hydrogen-bond acceptors (Lipinski definition) is 4. The zero-order valence-corrected chi connectivity index (χ0v) is 17.4. The SMILES string of the molecule is CCCOc1ccc(-c2cc(C(F)(F)F)c(C#N)c(SCc3ccc(F)cc3)n2)cc1. The van der Waals surface area contributed by atoms with Gasteiger partial charge in [-0.15, -0.1) is 11.8 Å². The first-order chi connectivity index (χ1) is 14.8. The summed E-state index contributed by atoms with van der Waals surface area (Å²) in [5.41, 5.74) is -0.273. The summed E-state index contributed by atoms with van der Waals surface area (Å²) in [6, 6.07) is 14.8. The van der Waals surface area contributed by atoms with Gasteiger partial charge in [0.15, 0.2) is 0 Å². The Morgan fingerprint density at radius 2 is 1.74 bits per heavy atom. The van der Waals surface area contributed by atoms with E-state index in [2.05, 4.69) is 4.98 Å². The minimum atomic E-state index is -4.71. The van der Waals surface area contributed by atoms with Crippen molar-refractivity contribution in [2.45, 2.75) is 30.3 Å². The molecule has 0 radical (unpaired) electrons. The average molecular weight is 446 g/mol. The van der Waals surface area contributed by atoms with Crippen LogP contribution >= 0.6 is 11.8 Å². The van der Waals surface area contributed by atoms with E-state index in [4.69, 9.17) is 4.74 Å². The molecule has 0 N–H and O–H groups in total. The maximum absolute atomic E-state index is 13.7. The number of nitriles is 1. The molecule has 2 aromatic carbocycles. The molecule has 0 unspecified atom stereocenters. The van der Waals surface area contributed by atoms with Gasteiger partial charge in [0, 0.05) is 11.3 Å². The Kier molecular flexibility index (Phi) is 7.18. The lowest BCUT2D eigenvalue weighted by molar-refractivity contribution is -0.138. The quantitative estimate of drug-likeness (QED) is 0.294. The van der Waals surface area contributed by atoms with Crippen molar-refractivity contribution < 1.29 is 22.3 Å². The molecule has 3 rings (SSSR count). The number of hydrogen-bond donors (Lipinski definition) is 0. The van der Waals surface area contributed by atoms with Gasteiger partial charge in [0.2, 0.25) is 0 Å². The Bertz CT molecular complexity index is 1070. The van der Waals surface area contributed by atoms with Gasteiger partial charge in [-0.2, -0.15) is 18.4 Å². The van der Waals surface area contributed by atoms with Gasteiger partial charge in [-0.05, 0) is 54.4 Å². The molecule has 3 aromatic rings. The van der Waals surface area contributed by atoms with E-state index >= 15 is 0 Å². The number of pyridine rings is 1. The molecular weight excluding hydrogens is 428 g/mol. The smallest absolute Gasteiger partial charge is 0.417 e. The van der Waals surface area contributed by atoms with Crippen molar-refractivity contribution in [2.75, 3.05) is 6.61 Å². The molecule has 8 heteroatoms. The van der Waals surface area contributed by atoms with Crippen LogP contribution in [0, 0.1) is 17.1 Å². The summed E-state index contributed by atoms with van der Waals surface area (Å²) in [7, 11) is 0. The van der Waals surface area contributed by atoms with E-state index in [1.54, 1.807) is 30.3 Å². The zero-order chi connectivity index (χ0) is 22.4. The molecule has 3 nitrogen and oxygen atoms in total. The minimum absolute atomic E-state index is 0.0250. The number of alkyl halides is 3. The highest BCUT2D eigenvalue weighted by atomic mass is 32.2. The highest BCUT2D eigenvalue weighted by molar-refractivity contribution is 7.98. The van der Waals surface area contributed by atoms with Gasteiger partial charge >= 0.3 is 6.18 Å². The normalized spacial score (nSPS) is 11.2. The molecule has 0 aliphatic rings. The van der Waals surface area contributed by atoms with Crippen molar-refractivity contribution >= 4 is 11.8 Å². The Labute approximate surface area is 181 Å². The Balaban J connectivity index is 1.98. The summed E-state index contributed by atoms with van der Waals surface area (Å²) >= 11 is 1.00. The van der Waals surface area contributed by atoms with Crippen LogP contribution < -0.4 is 4.74 Å². The predicted molar refractivity (Wildman–Crippen MR) is 111 cm³/mol. The monoisotopic (exact) mass is 446 g/mol. The summed E-state index contributed by atoms with van der Waals surface area (Å²) in [4.78, 5) is 4.34. The summed E-state index contributed by atoms with van der Waals surface area (Å²) < 4.78 is 59.6. The number of nitrogens with zero attached hydrogens (tertiary/aromatic N) is 2. The van der Waals surface area contributed by atoms with Crippen LogP contribution in [0.15, 0.2) is 59.6 Å². The van der Waals surface area contributed by atoms with Gasteiger partial charge in [-0.25, -0.2) is 9.37 Å². The molecule has 0 saturated heterocycles. The fraction of sp³-hybridized carbons (Fsp3) is 0.217. The molecular formula is C23H18F4N2OS. The average Bonchev–Trinajstić information content (AvgIpc) is 2.76. The Hall–Kier alpha value is -3.05. The third-order valence-electron chi connectivity index (χ3n) is 4.32. The second-order valence-electron chi connectivity index (χ2n) is 6.63. The standard InChI is InChI=1S/C23H18F4N2OS/c1-2-11-30-18-9-5-16(6-10-18)21-12-20(23(25,26)27)19(13-28)22(29-21)31-14-15-3-7-17(24)8-4-15/h3-10,12H,2,11,14H2,1H3. The second-order valence-corrected chi connectivity index (χ2v) is 7.60. The van der Waals surface area contributed by atoms with Crippen LogP contribution in [-0.2, 0) is 11.9 Å². The van der Waals surface area contributed by atoms with Gasteiger partial charge in [0.05, 0.1) is 23.4 Å².